The second-order valence-electron chi connectivity index (χ2n) is 8.11. The highest BCUT2D eigenvalue weighted by Crippen LogP contribution is 2.32. The quantitative estimate of drug-likeness (QED) is 0.804. The van der Waals surface area contributed by atoms with Gasteiger partial charge in [-0.25, -0.2) is 4.79 Å². The Kier molecular flexibility index (Phi) is 6.70. The van der Waals surface area contributed by atoms with Crippen LogP contribution in [-0.2, 0) is 14.3 Å². The largest absolute Gasteiger partial charge is 0.465 e. The number of benzene rings is 1. The van der Waals surface area contributed by atoms with Crippen molar-refractivity contribution in [3.8, 4) is 0 Å². The number of methoxy groups -OCH3 is 1. The number of piperidine rings is 1. The van der Waals surface area contributed by atoms with E-state index in [9.17, 15) is 14.4 Å². The first-order valence-electron chi connectivity index (χ1n) is 10.3. The van der Waals surface area contributed by atoms with Crippen LogP contribution in [0, 0.1) is 17.8 Å². The Morgan fingerprint density at radius 1 is 0.929 bits per heavy atom. The lowest BCUT2D eigenvalue weighted by Gasteiger charge is -2.35. The summed E-state index contributed by atoms with van der Waals surface area (Å²) in [5.41, 5.74) is 1.12. The molecule has 2 fully saturated rings. The number of nitrogens with one attached hydrogen (secondary N) is 1. The molecule has 1 aromatic carbocycles. The number of nitrogens with zero attached hydrogens (tertiary/aromatic N) is 1. The molecule has 1 heterocycles. The second-order valence-corrected chi connectivity index (χ2v) is 8.11. The Labute approximate surface area is 166 Å². The van der Waals surface area contributed by atoms with E-state index in [1.807, 2.05) is 4.90 Å². The lowest BCUT2D eigenvalue weighted by atomic mass is 9.80. The maximum absolute atomic E-state index is 12.7. The average Bonchev–Trinajstić information content (AvgIpc) is 2.74. The molecule has 1 saturated carbocycles. The third kappa shape index (κ3) is 4.91. The molecule has 0 aromatic heterocycles. The van der Waals surface area contributed by atoms with Crippen LogP contribution in [0.5, 0.6) is 0 Å². The number of esters is 1. The summed E-state index contributed by atoms with van der Waals surface area (Å²) in [6.07, 6.45) is 5.24. The van der Waals surface area contributed by atoms with Gasteiger partial charge in [-0.2, -0.15) is 0 Å². The zero-order valence-electron chi connectivity index (χ0n) is 16.8. The summed E-state index contributed by atoms with van der Waals surface area (Å²) < 4.78 is 4.67. The summed E-state index contributed by atoms with van der Waals surface area (Å²) >= 11 is 0. The summed E-state index contributed by atoms with van der Waals surface area (Å²) in [7, 11) is 1.34. The van der Waals surface area contributed by atoms with Gasteiger partial charge in [-0.3, -0.25) is 9.59 Å². The minimum absolute atomic E-state index is 0.0106. The van der Waals surface area contributed by atoms with Gasteiger partial charge in [0.2, 0.25) is 11.8 Å². The normalized spacial score (nSPS) is 23.1. The van der Waals surface area contributed by atoms with Crippen molar-refractivity contribution in [2.75, 3.05) is 25.5 Å². The smallest absolute Gasteiger partial charge is 0.337 e. The van der Waals surface area contributed by atoms with E-state index in [1.54, 1.807) is 24.3 Å². The molecule has 152 valence electrons. The molecular formula is C22H30N2O4. The van der Waals surface area contributed by atoms with Crippen molar-refractivity contribution in [2.45, 2.75) is 45.4 Å². The Hall–Kier alpha value is -2.37. The van der Waals surface area contributed by atoms with Crippen molar-refractivity contribution in [3.63, 3.8) is 0 Å². The summed E-state index contributed by atoms with van der Waals surface area (Å²) in [6.45, 7) is 4.00. The molecule has 0 bridgehead atoms. The van der Waals surface area contributed by atoms with Crippen LogP contribution in [-0.4, -0.2) is 42.9 Å². The van der Waals surface area contributed by atoms with Crippen molar-refractivity contribution in [1.82, 2.24) is 4.90 Å². The van der Waals surface area contributed by atoms with E-state index in [2.05, 4.69) is 17.0 Å². The summed E-state index contributed by atoms with van der Waals surface area (Å²) in [6, 6.07) is 6.68. The van der Waals surface area contributed by atoms with Crippen LogP contribution < -0.4 is 5.32 Å². The highest BCUT2D eigenvalue weighted by Gasteiger charge is 2.33. The first-order chi connectivity index (χ1) is 13.5. The van der Waals surface area contributed by atoms with Crippen molar-refractivity contribution in [3.05, 3.63) is 29.8 Å². The molecule has 0 spiro atoms. The van der Waals surface area contributed by atoms with Gasteiger partial charge >= 0.3 is 5.97 Å². The third-order valence-corrected chi connectivity index (χ3v) is 6.12. The van der Waals surface area contributed by atoms with Crippen LogP contribution in [0.4, 0.5) is 5.69 Å². The second kappa shape index (κ2) is 9.22. The van der Waals surface area contributed by atoms with Crippen LogP contribution in [0.15, 0.2) is 24.3 Å². The fourth-order valence-corrected chi connectivity index (χ4v) is 4.14. The molecule has 0 radical (unpaired) electrons. The minimum atomic E-state index is -0.399. The Morgan fingerprint density at radius 2 is 1.50 bits per heavy atom. The highest BCUT2D eigenvalue weighted by atomic mass is 16.5. The Morgan fingerprint density at radius 3 is 2.07 bits per heavy atom. The molecule has 1 aromatic rings. The van der Waals surface area contributed by atoms with Crippen molar-refractivity contribution in [2.24, 2.45) is 17.8 Å². The standard InChI is InChI=1S/C22H30N2O4/c1-15-11-13-24(14-12-15)21(26)17-5-3-16(4-6-17)20(25)23-19-9-7-18(8-10-19)22(27)28-2/h7-10,15-17H,3-6,11-14H2,1-2H3,(H,23,25). The van der Waals surface area contributed by atoms with Gasteiger partial charge in [0.1, 0.15) is 0 Å². The van der Waals surface area contributed by atoms with E-state index in [0.29, 0.717) is 17.2 Å². The number of hydrogen-bond acceptors (Lipinski definition) is 4. The van der Waals surface area contributed by atoms with E-state index in [0.717, 1.165) is 51.6 Å². The van der Waals surface area contributed by atoms with E-state index in [-0.39, 0.29) is 23.7 Å². The van der Waals surface area contributed by atoms with Gasteiger partial charge in [-0.15, -0.1) is 0 Å². The number of carbonyl (C=O) groups is 3. The average molecular weight is 386 g/mol. The zero-order valence-corrected chi connectivity index (χ0v) is 16.8. The Bertz CT molecular complexity index is 700. The number of rotatable bonds is 4. The monoisotopic (exact) mass is 386 g/mol. The number of ether oxygens (including phenoxy) is 1. The van der Waals surface area contributed by atoms with Crippen molar-refractivity contribution >= 4 is 23.5 Å². The summed E-state index contributed by atoms with van der Waals surface area (Å²) in [5.74, 6) is 0.587. The van der Waals surface area contributed by atoms with Gasteiger partial charge in [0.05, 0.1) is 12.7 Å². The van der Waals surface area contributed by atoms with Crippen LogP contribution in [0.25, 0.3) is 0 Å². The summed E-state index contributed by atoms with van der Waals surface area (Å²) in [4.78, 5) is 38.8. The molecule has 28 heavy (non-hydrogen) atoms. The fourth-order valence-electron chi connectivity index (χ4n) is 4.14. The van der Waals surface area contributed by atoms with Crippen LogP contribution in [0.1, 0.15) is 55.8 Å². The molecule has 3 rings (SSSR count). The highest BCUT2D eigenvalue weighted by molar-refractivity contribution is 5.94. The molecule has 1 aliphatic carbocycles. The van der Waals surface area contributed by atoms with Crippen LogP contribution in [0.3, 0.4) is 0 Å². The van der Waals surface area contributed by atoms with Crippen molar-refractivity contribution < 1.29 is 19.1 Å². The molecule has 1 N–H and O–H groups in total. The van der Waals surface area contributed by atoms with Crippen LogP contribution in [0.2, 0.25) is 0 Å². The molecule has 1 aliphatic heterocycles. The van der Waals surface area contributed by atoms with Gasteiger partial charge in [0.15, 0.2) is 0 Å². The first kappa shape index (κ1) is 20.4. The number of hydrogen-bond donors (Lipinski definition) is 1. The predicted molar refractivity (Wildman–Crippen MR) is 107 cm³/mol. The molecule has 0 unspecified atom stereocenters. The van der Waals surface area contributed by atoms with Gasteiger partial charge in [0, 0.05) is 30.6 Å². The molecular weight excluding hydrogens is 356 g/mol. The maximum Gasteiger partial charge on any atom is 0.337 e. The van der Waals surface area contributed by atoms with E-state index < -0.39 is 5.97 Å². The zero-order chi connectivity index (χ0) is 20.1. The maximum atomic E-state index is 12.7. The van der Waals surface area contributed by atoms with E-state index >= 15 is 0 Å². The fraction of sp³-hybridized carbons (Fsp3) is 0.591. The molecule has 6 heteroatoms. The Balaban J connectivity index is 1.47. The van der Waals surface area contributed by atoms with Crippen LogP contribution >= 0.6 is 0 Å². The number of amides is 2. The predicted octanol–water partition coefficient (Wildman–Crippen LogP) is 3.48. The van der Waals surface area contributed by atoms with Crippen molar-refractivity contribution in [1.29, 1.82) is 0 Å². The first-order valence-corrected chi connectivity index (χ1v) is 10.3. The van der Waals surface area contributed by atoms with Gasteiger partial charge in [0.25, 0.3) is 0 Å². The molecule has 1 saturated heterocycles. The van der Waals surface area contributed by atoms with E-state index in [1.165, 1.54) is 7.11 Å². The molecule has 2 amide bonds. The van der Waals surface area contributed by atoms with E-state index in [4.69, 9.17) is 0 Å². The molecule has 6 nitrogen and oxygen atoms in total. The van der Waals surface area contributed by atoms with Gasteiger partial charge in [-0.05, 0) is 68.7 Å². The molecule has 0 atom stereocenters. The SMILES string of the molecule is COC(=O)c1ccc(NC(=O)C2CCC(C(=O)N3CCC(C)CC3)CC2)cc1. The van der Waals surface area contributed by atoms with Gasteiger partial charge in [-0.1, -0.05) is 6.92 Å². The number of anilines is 1. The minimum Gasteiger partial charge on any atom is -0.465 e. The topological polar surface area (TPSA) is 75.7 Å². The third-order valence-electron chi connectivity index (χ3n) is 6.12. The molecule has 2 aliphatic rings. The number of carbonyl (C=O) groups excluding carboxylic acids is 3. The number of likely N-dealkylation sites (tertiary alicyclic amines) is 1. The summed E-state index contributed by atoms with van der Waals surface area (Å²) in [5, 5.41) is 2.92. The lowest BCUT2D eigenvalue weighted by molar-refractivity contribution is -0.139. The lowest BCUT2D eigenvalue weighted by Crippen LogP contribution is -2.42. The van der Waals surface area contributed by atoms with Gasteiger partial charge < -0.3 is 15.0 Å².